The molecule has 0 radical (unpaired) electrons. The van der Waals surface area contributed by atoms with Gasteiger partial charge in [-0.2, -0.15) is 0 Å². The van der Waals surface area contributed by atoms with E-state index in [1.54, 1.807) is 12.1 Å². The molecule has 3 aliphatic rings. The van der Waals surface area contributed by atoms with Gasteiger partial charge in [0.1, 0.15) is 22.9 Å². The van der Waals surface area contributed by atoms with Crippen molar-refractivity contribution in [3.05, 3.63) is 59.6 Å². The van der Waals surface area contributed by atoms with Gasteiger partial charge in [0, 0.05) is 35.3 Å². The SMILES string of the molecule is O=C(O)c1ccc(-c2nnc(N3[C@@H]4CC[C@H]3CC(OCc3c(-c5ccccc5OC(F)(F)F)noc3C3CC3)C4)o2)cn1. The summed E-state index contributed by atoms with van der Waals surface area (Å²) < 4.78 is 61.6. The smallest absolute Gasteiger partial charge is 0.477 e. The number of carboxylic acids is 1. The van der Waals surface area contributed by atoms with E-state index in [-0.39, 0.29) is 53.6 Å². The third-order valence-electron chi connectivity index (χ3n) is 8.15. The molecule has 224 valence electrons. The number of benzene rings is 1. The molecule has 1 unspecified atom stereocenters. The predicted molar refractivity (Wildman–Crippen MR) is 142 cm³/mol. The molecule has 3 aromatic heterocycles. The number of anilines is 1. The summed E-state index contributed by atoms with van der Waals surface area (Å²) in [6.45, 7) is 0.152. The number of hydrogen-bond acceptors (Lipinski definition) is 10. The fourth-order valence-corrected chi connectivity index (χ4v) is 6.08. The number of rotatable bonds is 9. The second-order valence-corrected chi connectivity index (χ2v) is 11.0. The Morgan fingerprint density at radius 2 is 1.81 bits per heavy atom. The first-order chi connectivity index (χ1) is 20.7. The molecular weight excluding hydrogens is 571 g/mol. The Morgan fingerprint density at radius 3 is 2.49 bits per heavy atom. The minimum atomic E-state index is -4.84. The van der Waals surface area contributed by atoms with Crippen LogP contribution in [0.3, 0.4) is 0 Å². The highest BCUT2D eigenvalue weighted by Crippen LogP contribution is 2.46. The minimum Gasteiger partial charge on any atom is -0.477 e. The summed E-state index contributed by atoms with van der Waals surface area (Å²) in [4.78, 5) is 17.1. The summed E-state index contributed by atoms with van der Waals surface area (Å²) in [6.07, 6.45) is 1.55. The molecule has 1 aliphatic carbocycles. The maximum Gasteiger partial charge on any atom is 0.573 e. The Balaban J connectivity index is 1.06. The van der Waals surface area contributed by atoms with E-state index in [2.05, 4.69) is 30.0 Å². The van der Waals surface area contributed by atoms with Gasteiger partial charge in [-0.25, -0.2) is 9.78 Å². The Kier molecular flexibility index (Phi) is 6.79. The molecule has 4 aromatic rings. The summed E-state index contributed by atoms with van der Waals surface area (Å²) in [5.74, 6) is -0.383. The molecule has 2 bridgehead atoms. The van der Waals surface area contributed by atoms with Crippen LogP contribution >= 0.6 is 0 Å². The highest BCUT2D eigenvalue weighted by molar-refractivity contribution is 5.85. The molecule has 11 nitrogen and oxygen atoms in total. The average molecular weight is 598 g/mol. The van der Waals surface area contributed by atoms with E-state index in [9.17, 15) is 18.0 Å². The Morgan fingerprint density at radius 1 is 1.05 bits per heavy atom. The largest absolute Gasteiger partial charge is 0.573 e. The highest BCUT2D eigenvalue weighted by atomic mass is 19.4. The quantitative estimate of drug-likeness (QED) is 0.244. The monoisotopic (exact) mass is 597 g/mol. The summed E-state index contributed by atoms with van der Waals surface area (Å²) in [6, 6.07) is 9.46. The van der Waals surface area contributed by atoms with Gasteiger partial charge in [-0.3, -0.25) is 0 Å². The van der Waals surface area contributed by atoms with Gasteiger partial charge in [0.2, 0.25) is 0 Å². The number of carbonyl (C=O) groups is 1. The number of aromatic carboxylic acids is 1. The van der Waals surface area contributed by atoms with Crippen LogP contribution in [0.15, 0.2) is 51.5 Å². The zero-order chi connectivity index (χ0) is 29.7. The number of carboxylic acid groups (broad SMARTS) is 1. The normalized spacial score (nSPS) is 21.7. The molecule has 1 aromatic carbocycles. The van der Waals surface area contributed by atoms with E-state index in [4.69, 9.17) is 18.8 Å². The van der Waals surface area contributed by atoms with Crippen LogP contribution in [0.4, 0.5) is 19.2 Å². The first kappa shape index (κ1) is 27.4. The van der Waals surface area contributed by atoms with Gasteiger partial charge >= 0.3 is 18.3 Å². The Hall–Kier alpha value is -4.46. The van der Waals surface area contributed by atoms with Crippen molar-refractivity contribution in [1.29, 1.82) is 0 Å². The van der Waals surface area contributed by atoms with Crippen molar-refractivity contribution >= 4 is 12.0 Å². The molecular formula is C29H26F3N5O6. The van der Waals surface area contributed by atoms with Crippen LogP contribution in [0.5, 0.6) is 5.75 Å². The highest BCUT2D eigenvalue weighted by Gasteiger charge is 2.44. The van der Waals surface area contributed by atoms with Crippen molar-refractivity contribution in [3.8, 4) is 28.5 Å². The van der Waals surface area contributed by atoms with Crippen molar-refractivity contribution in [3.63, 3.8) is 0 Å². The van der Waals surface area contributed by atoms with Gasteiger partial charge in [-0.05, 0) is 62.8 Å². The van der Waals surface area contributed by atoms with Crippen molar-refractivity contribution in [2.75, 3.05) is 4.90 Å². The van der Waals surface area contributed by atoms with E-state index < -0.39 is 12.3 Å². The standard InChI is InChI=1S/C29H26F3N5O6/c30-29(31,32)42-23-4-2-1-3-20(23)24-21(25(43-36-24)15-5-6-15)14-40-19-11-17-8-9-18(12-19)37(17)28-35-34-26(41-28)16-7-10-22(27(38)39)33-13-16/h1-4,7,10,13,15,17-19H,5-6,8-9,11-12,14H2,(H,38,39)/t17-,18+,19?. The lowest BCUT2D eigenvalue weighted by molar-refractivity contribution is -0.274. The molecule has 5 heterocycles. The third-order valence-corrected chi connectivity index (χ3v) is 8.15. The summed E-state index contributed by atoms with van der Waals surface area (Å²) >= 11 is 0. The van der Waals surface area contributed by atoms with E-state index in [1.165, 1.54) is 30.5 Å². The Labute approximate surface area is 242 Å². The predicted octanol–water partition coefficient (Wildman–Crippen LogP) is 5.98. The topological polar surface area (TPSA) is 137 Å². The van der Waals surface area contributed by atoms with Gasteiger partial charge in [-0.1, -0.05) is 22.4 Å². The summed E-state index contributed by atoms with van der Waals surface area (Å²) in [5, 5.41) is 21.6. The number of ether oxygens (including phenoxy) is 2. The molecule has 3 fully saturated rings. The molecule has 14 heteroatoms. The number of nitrogens with zero attached hydrogens (tertiary/aromatic N) is 5. The van der Waals surface area contributed by atoms with Crippen molar-refractivity contribution < 1.29 is 41.5 Å². The minimum absolute atomic E-state index is 0.0787. The van der Waals surface area contributed by atoms with Crippen LogP contribution in [0.25, 0.3) is 22.7 Å². The summed E-state index contributed by atoms with van der Waals surface area (Å²) in [5.41, 5.74) is 1.59. The lowest BCUT2D eigenvalue weighted by Gasteiger charge is -2.37. The van der Waals surface area contributed by atoms with Gasteiger partial charge in [0.25, 0.3) is 5.89 Å². The van der Waals surface area contributed by atoms with Crippen molar-refractivity contribution in [1.82, 2.24) is 20.3 Å². The molecule has 7 rings (SSSR count). The van der Waals surface area contributed by atoms with E-state index in [0.29, 0.717) is 41.4 Å². The fraction of sp³-hybridized carbons (Fsp3) is 0.414. The number of para-hydroxylation sites is 1. The number of aromatic nitrogens is 4. The molecule has 0 spiro atoms. The van der Waals surface area contributed by atoms with Crippen LogP contribution in [0.2, 0.25) is 0 Å². The van der Waals surface area contributed by atoms with E-state index >= 15 is 0 Å². The molecule has 2 aliphatic heterocycles. The van der Waals surface area contributed by atoms with Crippen LogP contribution in [-0.2, 0) is 11.3 Å². The van der Waals surface area contributed by atoms with Crippen LogP contribution < -0.4 is 9.64 Å². The maximum absolute atomic E-state index is 13.1. The van der Waals surface area contributed by atoms with Gasteiger partial charge in [-0.15, -0.1) is 18.3 Å². The van der Waals surface area contributed by atoms with E-state index in [0.717, 1.165) is 25.7 Å². The first-order valence-corrected chi connectivity index (χ1v) is 14.0. The maximum atomic E-state index is 13.1. The lowest BCUT2D eigenvalue weighted by atomic mass is 9.99. The van der Waals surface area contributed by atoms with E-state index in [1.807, 2.05) is 0 Å². The van der Waals surface area contributed by atoms with Crippen molar-refractivity contribution in [2.24, 2.45) is 0 Å². The number of alkyl halides is 3. The number of pyridine rings is 1. The molecule has 1 saturated carbocycles. The second kappa shape index (κ2) is 10.7. The molecule has 2 saturated heterocycles. The van der Waals surface area contributed by atoms with Gasteiger partial charge < -0.3 is 28.4 Å². The molecule has 43 heavy (non-hydrogen) atoms. The fourth-order valence-electron chi connectivity index (χ4n) is 6.08. The first-order valence-electron chi connectivity index (χ1n) is 14.0. The molecule has 3 atom stereocenters. The Bertz CT molecular complexity index is 1620. The number of halogens is 3. The van der Waals surface area contributed by atoms with Gasteiger partial charge in [0.05, 0.1) is 18.3 Å². The van der Waals surface area contributed by atoms with Crippen LogP contribution in [0, 0.1) is 0 Å². The summed E-state index contributed by atoms with van der Waals surface area (Å²) in [7, 11) is 0. The van der Waals surface area contributed by atoms with Crippen LogP contribution in [-0.4, -0.2) is 56.0 Å². The number of fused-ring (bicyclic) bond motifs is 2. The van der Waals surface area contributed by atoms with Crippen LogP contribution in [0.1, 0.15) is 66.3 Å². The molecule has 1 N–H and O–H groups in total. The van der Waals surface area contributed by atoms with Crippen molar-refractivity contribution in [2.45, 2.75) is 75.6 Å². The van der Waals surface area contributed by atoms with Gasteiger partial charge in [0.15, 0.2) is 0 Å². The third kappa shape index (κ3) is 5.54. The number of piperidine rings is 1. The molecule has 0 amide bonds. The number of hydrogen-bond donors (Lipinski definition) is 1. The lowest BCUT2D eigenvalue weighted by Crippen LogP contribution is -2.45. The second-order valence-electron chi connectivity index (χ2n) is 11.0. The zero-order valence-corrected chi connectivity index (χ0v) is 22.7. The average Bonchev–Trinajstić information content (AvgIpc) is 3.44. The zero-order valence-electron chi connectivity index (χ0n) is 22.7.